The van der Waals surface area contributed by atoms with E-state index in [4.69, 9.17) is 4.74 Å². The van der Waals surface area contributed by atoms with Crippen LogP contribution in [0.4, 0.5) is 13.6 Å². The van der Waals surface area contributed by atoms with Gasteiger partial charge in [0.25, 0.3) is 0 Å². The van der Waals surface area contributed by atoms with Gasteiger partial charge in [-0.05, 0) is 43.2 Å². The Morgan fingerprint density at radius 1 is 1.32 bits per heavy atom. The molecule has 2 aliphatic rings. The number of benzene rings is 1. The van der Waals surface area contributed by atoms with Crippen LogP contribution in [0.25, 0.3) is 0 Å². The summed E-state index contributed by atoms with van der Waals surface area (Å²) < 4.78 is 35.9. The summed E-state index contributed by atoms with van der Waals surface area (Å²) in [4.78, 5) is 15.8. The van der Waals surface area contributed by atoms with Crippen LogP contribution < -0.4 is 5.32 Å². The van der Waals surface area contributed by atoms with E-state index in [1.165, 1.54) is 6.07 Å². The molecule has 0 bridgehead atoms. The van der Waals surface area contributed by atoms with Crippen molar-refractivity contribution in [2.24, 2.45) is 5.92 Å². The lowest BCUT2D eigenvalue weighted by Gasteiger charge is -2.22. The second-order valence-electron chi connectivity index (χ2n) is 7.56. The first-order valence-electron chi connectivity index (χ1n) is 9.51. The van der Waals surface area contributed by atoms with Gasteiger partial charge in [-0.1, -0.05) is 12.1 Å². The highest BCUT2D eigenvalue weighted by molar-refractivity contribution is 5.65. The molecule has 2 heterocycles. The van der Waals surface area contributed by atoms with E-state index in [2.05, 4.69) is 10.3 Å². The maximum atomic E-state index is 14.5. The minimum absolute atomic E-state index is 0.136. The monoisotopic (exact) mass is 391 g/mol. The number of halogens is 2. The van der Waals surface area contributed by atoms with Gasteiger partial charge in [-0.15, -0.1) is 0 Å². The number of hydrogen-bond acceptors (Lipinski definition) is 3. The van der Waals surface area contributed by atoms with E-state index < -0.39 is 23.8 Å². The molecule has 2 aromatic rings. The third-order valence-corrected chi connectivity index (χ3v) is 5.75. The summed E-state index contributed by atoms with van der Waals surface area (Å²) >= 11 is 0. The van der Waals surface area contributed by atoms with Gasteiger partial charge in [0.2, 0.25) is 0 Å². The zero-order valence-corrected chi connectivity index (χ0v) is 15.6. The van der Waals surface area contributed by atoms with Gasteiger partial charge in [-0.25, -0.2) is 18.6 Å². The molecule has 1 amide bonds. The molecule has 3 atom stereocenters. The molecule has 1 aromatic heterocycles. The topological polar surface area (TPSA) is 76.4 Å². The largest absolute Gasteiger partial charge is 0.465 e. The summed E-state index contributed by atoms with van der Waals surface area (Å²) in [5, 5.41) is 11.7. The Bertz CT molecular complexity index is 882. The SMILES string of the molecule is COC(c1cnc2n1C[C@H](c1cccc(F)c1F)CC[C@H]2NC(=O)O)C1CC1. The summed E-state index contributed by atoms with van der Waals surface area (Å²) in [7, 11) is 1.65. The van der Waals surface area contributed by atoms with Gasteiger partial charge in [-0.2, -0.15) is 0 Å². The van der Waals surface area contributed by atoms with E-state index in [0.29, 0.717) is 36.7 Å². The summed E-state index contributed by atoms with van der Waals surface area (Å²) in [6.45, 7) is 0.398. The number of aromatic nitrogens is 2. The Balaban J connectivity index is 1.75. The Kier molecular flexibility index (Phi) is 5.05. The minimum atomic E-state index is -1.14. The molecule has 2 N–H and O–H groups in total. The van der Waals surface area contributed by atoms with Gasteiger partial charge >= 0.3 is 6.09 Å². The number of carbonyl (C=O) groups is 1. The number of rotatable bonds is 5. The highest BCUT2D eigenvalue weighted by Crippen LogP contribution is 2.44. The van der Waals surface area contributed by atoms with Crippen molar-refractivity contribution in [1.82, 2.24) is 14.9 Å². The molecule has 28 heavy (non-hydrogen) atoms. The Hall–Kier alpha value is -2.48. The molecule has 1 aliphatic carbocycles. The van der Waals surface area contributed by atoms with E-state index in [-0.39, 0.29) is 12.0 Å². The van der Waals surface area contributed by atoms with Crippen molar-refractivity contribution in [2.45, 2.75) is 50.3 Å². The van der Waals surface area contributed by atoms with Crippen LogP contribution in [0.3, 0.4) is 0 Å². The van der Waals surface area contributed by atoms with Gasteiger partial charge < -0.3 is 19.7 Å². The van der Waals surface area contributed by atoms with Crippen molar-refractivity contribution in [3.63, 3.8) is 0 Å². The van der Waals surface area contributed by atoms with Crippen molar-refractivity contribution < 1.29 is 23.4 Å². The fraction of sp³-hybridized carbons (Fsp3) is 0.500. The quantitative estimate of drug-likeness (QED) is 0.803. The minimum Gasteiger partial charge on any atom is -0.465 e. The average molecular weight is 391 g/mol. The third-order valence-electron chi connectivity index (χ3n) is 5.75. The Morgan fingerprint density at radius 3 is 2.79 bits per heavy atom. The van der Waals surface area contributed by atoms with Crippen molar-refractivity contribution in [3.8, 4) is 0 Å². The zero-order valence-electron chi connectivity index (χ0n) is 15.6. The van der Waals surface area contributed by atoms with Crippen molar-refractivity contribution in [1.29, 1.82) is 0 Å². The fourth-order valence-electron chi connectivity index (χ4n) is 4.25. The van der Waals surface area contributed by atoms with Crippen LogP contribution in [0, 0.1) is 17.6 Å². The molecular weight excluding hydrogens is 368 g/mol. The predicted molar refractivity (Wildman–Crippen MR) is 96.9 cm³/mol. The van der Waals surface area contributed by atoms with E-state index in [0.717, 1.165) is 24.6 Å². The Morgan fingerprint density at radius 2 is 2.11 bits per heavy atom. The molecule has 1 aromatic carbocycles. The fourth-order valence-corrected chi connectivity index (χ4v) is 4.25. The van der Waals surface area contributed by atoms with E-state index in [1.807, 2.05) is 4.57 Å². The number of nitrogens with zero attached hydrogens (tertiary/aromatic N) is 2. The molecule has 1 fully saturated rings. The number of methoxy groups -OCH3 is 1. The van der Waals surface area contributed by atoms with Crippen molar-refractivity contribution in [2.75, 3.05) is 7.11 Å². The molecule has 0 saturated heterocycles. The van der Waals surface area contributed by atoms with Crippen LogP contribution in [-0.4, -0.2) is 27.9 Å². The molecule has 0 radical (unpaired) electrons. The molecule has 4 rings (SSSR count). The van der Waals surface area contributed by atoms with Crippen molar-refractivity contribution >= 4 is 6.09 Å². The summed E-state index contributed by atoms with van der Waals surface area (Å²) in [5.74, 6) is -1.00. The van der Waals surface area contributed by atoms with Gasteiger partial charge in [-0.3, -0.25) is 0 Å². The molecule has 6 nitrogen and oxygen atoms in total. The molecule has 1 saturated carbocycles. The van der Waals surface area contributed by atoms with E-state index in [9.17, 15) is 18.7 Å². The number of carboxylic acid groups (broad SMARTS) is 1. The van der Waals surface area contributed by atoms with Crippen LogP contribution in [-0.2, 0) is 11.3 Å². The Labute approximate surface area is 161 Å². The molecule has 0 spiro atoms. The number of amides is 1. The predicted octanol–water partition coefficient (Wildman–Crippen LogP) is 4.15. The van der Waals surface area contributed by atoms with E-state index >= 15 is 0 Å². The van der Waals surface area contributed by atoms with E-state index in [1.54, 1.807) is 19.4 Å². The lowest BCUT2D eigenvalue weighted by Crippen LogP contribution is -2.28. The van der Waals surface area contributed by atoms with Crippen LogP contribution >= 0.6 is 0 Å². The van der Waals surface area contributed by atoms with Gasteiger partial charge in [0.1, 0.15) is 11.9 Å². The maximum absolute atomic E-state index is 14.5. The molecule has 150 valence electrons. The number of ether oxygens (including phenoxy) is 1. The summed E-state index contributed by atoms with van der Waals surface area (Å²) in [6, 6.07) is 3.69. The molecule has 1 unspecified atom stereocenters. The normalized spacial score (nSPS) is 23.0. The highest BCUT2D eigenvalue weighted by Gasteiger charge is 2.37. The number of nitrogens with one attached hydrogen (secondary N) is 1. The lowest BCUT2D eigenvalue weighted by atomic mass is 9.92. The number of hydrogen-bond donors (Lipinski definition) is 2. The maximum Gasteiger partial charge on any atom is 0.405 e. The number of fused-ring (bicyclic) bond motifs is 1. The average Bonchev–Trinajstić information content (AvgIpc) is 3.43. The zero-order chi connectivity index (χ0) is 19.8. The van der Waals surface area contributed by atoms with Gasteiger partial charge in [0.05, 0.1) is 17.9 Å². The summed E-state index contributed by atoms with van der Waals surface area (Å²) in [5.41, 5.74) is 1.17. The van der Waals surface area contributed by atoms with Crippen molar-refractivity contribution in [3.05, 3.63) is 53.1 Å². The first-order chi connectivity index (χ1) is 13.5. The highest BCUT2D eigenvalue weighted by atomic mass is 19.2. The van der Waals surface area contributed by atoms with Crippen LogP contribution in [0.2, 0.25) is 0 Å². The van der Waals surface area contributed by atoms with Crippen LogP contribution in [0.15, 0.2) is 24.4 Å². The second kappa shape index (κ2) is 7.50. The smallest absolute Gasteiger partial charge is 0.405 e. The van der Waals surface area contributed by atoms with Crippen LogP contribution in [0.5, 0.6) is 0 Å². The van der Waals surface area contributed by atoms with Gasteiger partial charge in [0, 0.05) is 19.6 Å². The first-order valence-corrected chi connectivity index (χ1v) is 9.51. The third kappa shape index (κ3) is 3.48. The lowest BCUT2D eigenvalue weighted by molar-refractivity contribution is 0.0773. The summed E-state index contributed by atoms with van der Waals surface area (Å²) in [6.07, 6.45) is 3.54. The molecule has 8 heteroatoms. The van der Waals surface area contributed by atoms with Crippen LogP contribution in [0.1, 0.15) is 60.8 Å². The molecular formula is C20H23F2N3O3. The van der Waals surface area contributed by atoms with Gasteiger partial charge in [0.15, 0.2) is 11.6 Å². The standard InChI is InChI=1S/C20H23F2N3O3/c1-28-18(11-5-6-11)16-9-23-19-15(24-20(26)27)8-7-12(10-25(16)19)13-3-2-4-14(21)17(13)22/h2-4,9,11-12,15,18,24H,5-8,10H2,1H3,(H,26,27)/t12-,15-,18?/m1/s1. The number of imidazole rings is 1. The molecule has 1 aliphatic heterocycles. The second-order valence-corrected chi connectivity index (χ2v) is 7.56. The first kappa shape index (κ1) is 18.9.